The maximum atomic E-state index is 12.0. The molecule has 0 fully saturated rings. The summed E-state index contributed by atoms with van der Waals surface area (Å²) in [6, 6.07) is 7.73. The van der Waals surface area contributed by atoms with Crippen molar-refractivity contribution >= 4 is 23.8 Å². The Morgan fingerprint density at radius 2 is 1.80 bits per heavy atom. The van der Waals surface area contributed by atoms with Crippen molar-refractivity contribution in [2.45, 2.75) is 26.0 Å². The Kier molecular flexibility index (Phi) is 8.48. The smallest absolute Gasteiger partial charge is 0.408 e. The lowest BCUT2D eigenvalue weighted by Crippen LogP contribution is -2.50. The predicted octanol–water partition coefficient (Wildman–Crippen LogP) is -0.591. The van der Waals surface area contributed by atoms with Crippen molar-refractivity contribution in [2.24, 2.45) is 5.73 Å². The topological polar surface area (TPSA) is 140 Å². The first kappa shape index (κ1) is 19.9. The van der Waals surface area contributed by atoms with Crippen LogP contribution in [-0.2, 0) is 25.7 Å². The molecule has 1 unspecified atom stereocenters. The molecule has 0 radical (unpaired) electrons. The van der Waals surface area contributed by atoms with Crippen molar-refractivity contribution in [2.75, 3.05) is 13.1 Å². The molecule has 136 valence electrons. The van der Waals surface area contributed by atoms with Crippen molar-refractivity contribution in [3.05, 3.63) is 35.9 Å². The van der Waals surface area contributed by atoms with E-state index in [9.17, 15) is 19.2 Å². The number of carbonyl (C=O) groups is 4. The van der Waals surface area contributed by atoms with Crippen molar-refractivity contribution in [3.63, 3.8) is 0 Å². The summed E-state index contributed by atoms with van der Waals surface area (Å²) in [5.74, 6) is -1.87. The molecule has 0 saturated heterocycles. The van der Waals surface area contributed by atoms with Gasteiger partial charge in [-0.1, -0.05) is 30.3 Å². The van der Waals surface area contributed by atoms with E-state index in [4.69, 9.17) is 10.5 Å². The lowest BCUT2D eigenvalue weighted by atomic mass is 10.2. The Balaban J connectivity index is 2.53. The molecule has 9 nitrogen and oxygen atoms in total. The van der Waals surface area contributed by atoms with E-state index < -0.39 is 30.4 Å². The van der Waals surface area contributed by atoms with Crippen LogP contribution in [0.1, 0.15) is 18.9 Å². The first-order valence-electron chi connectivity index (χ1n) is 7.72. The molecule has 0 heterocycles. The molecule has 1 rings (SSSR count). The molecule has 25 heavy (non-hydrogen) atoms. The van der Waals surface area contributed by atoms with Crippen LogP contribution in [0.25, 0.3) is 0 Å². The van der Waals surface area contributed by atoms with Crippen molar-refractivity contribution in [1.29, 1.82) is 0 Å². The van der Waals surface area contributed by atoms with Crippen molar-refractivity contribution in [1.82, 2.24) is 16.0 Å². The SMILES string of the molecule is CCNC(=O)CNC(=O)C(CC(N)=O)NC(=O)OCc1ccccc1. The lowest BCUT2D eigenvalue weighted by Gasteiger charge is -2.17. The van der Waals surface area contributed by atoms with Gasteiger partial charge in [-0.3, -0.25) is 14.4 Å². The third kappa shape index (κ3) is 8.35. The summed E-state index contributed by atoms with van der Waals surface area (Å²) in [4.78, 5) is 46.3. The van der Waals surface area contributed by atoms with Crippen LogP contribution in [0.15, 0.2) is 30.3 Å². The highest BCUT2D eigenvalue weighted by atomic mass is 16.5. The number of hydrogen-bond donors (Lipinski definition) is 4. The van der Waals surface area contributed by atoms with Crippen LogP contribution in [0.4, 0.5) is 4.79 Å². The molecule has 0 aliphatic carbocycles. The highest BCUT2D eigenvalue weighted by molar-refractivity contribution is 5.92. The second-order valence-electron chi connectivity index (χ2n) is 5.10. The Morgan fingerprint density at radius 1 is 1.12 bits per heavy atom. The number of carbonyl (C=O) groups excluding carboxylic acids is 4. The van der Waals surface area contributed by atoms with Gasteiger partial charge in [0.2, 0.25) is 17.7 Å². The van der Waals surface area contributed by atoms with Crippen molar-refractivity contribution < 1.29 is 23.9 Å². The summed E-state index contributed by atoms with van der Waals surface area (Å²) in [6.07, 6.45) is -1.29. The molecule has 1 atom stereocenters. The van der Waals surface area contributed by atoms with E-state index in [1.807, 2.05) is 6.07 Å². The lowest BCUT2D eigenvalue weighted by molar-refractivity contribution is -0.129. The summed E-state index contributed by atoms with van der Waals surface area (Å²) < 4.78 is 4.99. The van der Waals surface area contributed by atoms with Gasteiger partial charge >= 0.3 is 6.09 Å². The van der Waals surface area contributed by atoms with Crippen LogP contribution in [0.3, 0.4) is 0 Å². The zero-order chi connectivity index (χ0) is 18.7. The number of nitrogens with one attached hydrogen (secondary N) is 3. The van der Waals surface area contributed by atoms with Crippen LogP contribution >= 0.6 is 0 Å². The molecule has 4 amide bonds. The minimum Gasteiger partial charge on any atom is -0.445 e. The number of rotatable bonds is 9. The normalized spacial score (nSPS) is 11.1. The number of alkyl carbamates (subject to hydrolysis) is 1. The van der Waals surface area contributed by atoms with E-state index in [0.29, 0.717) is 6.54 Å². The zero-order valence-corrected chi connectivity index (χ0v) is 13.9. The molecule has 0 aliphatic rings. The molecule has 9 heteroatoms. The van der Waals surface area contributed by atoms with Gasteiger partial charge in [0.25, 0.3) is 0 Å². The fourth-order valence-electron chi connectivity index (χ4n) is 1.87. The summed E-state index contributed by atoms with van der Waals surface area (Å²) >= 11 is 0. The third-order valence-corrected chi connectivity index (χ3v) is 3.02. The largest absolute Gasteiger partial charge is 0.445 e. The van der Waals surface area contributed by atoms with Crippen LogP contribution in [-0.4, -0.2) is 42.9 Å². The van der Waals surface area contributed by atoms with Crippen molar-refractivity contribution in [3.8, 4) is 0 Å². The van der Waals surface area contributed by atoms with Gasteiger partial charge in [0.05, 0.1) is 13.0 Å². The van der Waals surface area contributed by atoms with Crippen LogP contribution in [0.5, 0.6) is 0 Å². The highest BCUT2D eigenvalue weighted by Gasteiger charge is 2.23. The first-order valence-corrected chi connectivity index (χ1v) is 7.72. The first-order chi connectivity index (χ1) is 11.9. The molecular formula is C16H22N4O5. The van der Waals surface area contributed by atoms with Gasteiger partial charge in [0.1, 0.15) is 12.6 Å². The van der Waals surface area contributed by atoms with Gasteiger partial charge in [0, 0.05) is 6.54 Å². The number of amides is 4. The molecule has 0 spiro atoms. The second-order valence-corrected chi connectivity index (χ2v) is 5.10. The number of benzene rings is 1. The average molecular weight is 350 g/mol. The van der Waals surface area contributed by atoms with Gasteiger partial charge in [-0.05, 0) is 12.5 Å². The van der Waals surface area contributed by atoms with Gasteiger partial charge in [-0.25, -0.2) is 4.79 Å². The quantitative estimate of drug-likeness (QED) is 0.471. The minimum absolute atomic E-state index is 0.0104. The number of ether oxygens (including phenoxy) is 1. The second kappa shape index (κ2) is 10.6. The Morgan fingerprint density at radius 3 is 2.40 bits per heavy atom. The third-order valence-electron chi connectivity index (χ3n) is 3.02. The van der Waals surface area contributed by atoms with Gasteiger partial charge in [-0.2, -0.15) is 0 Å². The monoisotopic (exact) mass is 350 g/mol. The van der Waals surface area contributed by atoms with E-state index in [1.165, 1.54) is 0 Å². The predicted molar refractivity (Wildman–Crippen MR) is 89.1 cm³/mol. The maximum absolute atomic E-state index is 12.0. The molecular weight excluding hydrogens is 328 g/mol. The van der Waals surface area contributed by atoms with E-state index in [2.05, 4.69) is 16.0 Å². The van der Waals surface area contributed by atoms with Gasteiger partial charge < -0.3 is 26.4 Å². The molecule has 1 aromatic rings. The number of primary amides is 1. The molecule has 0 aliphatic heterocycles. The molecule has 0 bridgehead atoms. The van der Waals surface area contributed by atoms with Gasteiger partial charge in [0.15, 0.2) is 0 Å². The average Bonchev–Trinajstić information content (AvgIpc) is 2.58. The standard InChI is InChI=1S/C16H22N4O5/c1-2-18-14(22)9-19-15(23)12(8-13(17)21)20-16(24)25-10-11-6-4-3-5-7-11/h3-7,12H,2,8-10H2,1H3,(H2,17,21)(H,18,22)(H,19,23)(H,20,24). The molecule has 1 aromatic carbocycles. The Labute approximate surface area is 145 Å². The highest BCUT2D eigenvalue weighted by Crippen LogP contribution is 2.01. The molecule has 5 N–H and O–H groups in total. The summed E-state index contributed by atoms with van der Waals surface area (Å²) in [7, 11) is 0. The van der Waals surface area contributed by atoms with Crippen LogP contribution < -0.4 is 21.7 Å². The molecule has 0 aromatic heterocycles. The summed E-state index contributed by atoms with van der Waals surface area (Å²) in [5, 5.41) is 7.09. The fourth-order valence-corrected chi connectivity index (χ4v) is 1.87. The minimum atomic E-state index is -1.23. The van der Waals surface area contributed by atoms with E-state index in [-0.39, 0.29) is 19.1 Å². The van der Waals surface area contributed by atoms with Crippen LogP contribution in [0, 0.1) is 0 Å². The molecule has 0 saturated carbocycles. The fraction of sp³-hybridized carbons (Fsp3) is 0.375. The number of likely N-dealkylation sites (N-methyl/N-ethyl adjacent to an activating group) is 1. The van der Waals surface area contributed by atoms with E-state index in [1.54, 1.807) is 31.2 Å². The summed E-state index contributed by atoms with van der Waals surface area (Å²) in [5.41, 5.74) is 5.85. The van der Waals surface area contributed by atoms with Crippen LogP contribution in [0.2, 0.25) is 0 Å². The Hall–Kier alpha value is -3.10. The number of nitrogens with two attached hydrogens (primary N) is 1. The van der Waals surface area contributed by atoms with E-state index in [0.717, 1.165) is 5.56 Å². The summed E-state index contributed by atoms with van der Waals surface area (Å²) in [6.45, 7) is 1.89. The maximum Gasteiger partial charge on any atom is 0.408 e. The Bertz CT molecular complexity index is 606. The van der Waals surface area contributed by atoms with E-state index >= 15 is 0 Å². The zero-order valence-electron chi connectivity index (χ0n) is 13.9. The number of hydrogen-bond acceptors (Lipinski definition) is 5. The van der Waals surface area contributed by atoms with Gasteiger partial charge in [-0.15, -0.1) is 0 Å².